The SMILES string of the molecule is Oc1cccc(Cl)c1-c1cccs1. The maximum Gasteiger partial charge on any atom is 0.125 e. The van der Waals surface area contributed by atoms with E-state index in [4.69, 9.17) is 11.6 Å². The molecule has 2 aromatic rings. The number of halogens is 1. The normalized spacial score (nSPS) is 10.2. The fourth-order valence-electron chi connectivity index (χ4n) is 1.18. The summed E-state index contributed by atoms with van der Waals surface area (Å²) >= 11 is 7.53. The van der Waals surface area contributed by atoms with Gasteiger partial charge in [0.25, 0.3) is 0 Å². The average molecular weight is 211 g/mol. The van der Waals surface area contributed by atoms with Gasteiger partial charge >= 0.3 is 0 Å². The third-order valence-electron chi connectivity index (χ3n) is 1.76. The van der Waals surface area contributed by atoms with E-state index in [0.29, 0.717) is 5.02 Å². The number of phenolic OH excluding ortho intramolecular Hbond substituents is 1. The van der Waals surface area contributed by atoms with Crippen LogP contribution in [0.4, 0.5) is 0 Å². The molecule has 0 bridgehead atoms. The van der Waals surface area contributed by atoms with E-state index in [1.165, 1.54) is 0 Å². The molecule has 2 rings (SSSR count). The van der Waals surface area contributed by atoms with Gasteiger partial charge in [0.2, 0.25) is 0 Å². The first-order valence-corrected chi connectivity index (χ1v) is 5.06. The summed E-state index contributed by atoms with van der Waals surface area (Å²) < 4.78 is 0. The van der Waals surface area contributed by atoms with Crippen molar-refractivity contribution >= 4 is 22.9 Å². The fourth-order valence-corrected chi connectivity index (χ4v) is 2.30. The van der Waals surface area contributed by atoms with Crippen molar-refractivity contribution in [2.75, 3.05) is 0 Å². The molecule has 0 saturated carbocycles. The van der Waals surface area contributed by atoms with Crippen LogP contribution >= 0.6 is 22.9 Å². The van der Waals surface area contributed by atoms with Crippen LogP contribution in [0.15, 0.2) is 35.7 Å². The highest BCUT2D eigenvalue weighted by molar-refractivity contribution is 7.13. The number of aromatic hydroxyl groups is 1. The van der Waals surface area contributed by atoms with E-state index >= 15 is 0 Å². The van der Waals surface area contributed by atoms with Crippen LogP contribution in [-0.4, -0.2) is 5.11 Å². The minimum Gasteiger partial charge on any atom is -0.507 e. The van der Waals surface area contributed by atoms with E-state index in [2.05, 4.69) is 0 Å². The Balaban J connectivity index is 2.64. The van der Waals surface area contributed by atoms with Gasteiger partial charge in [-0.3, -0.25) is 0 Å². The molecule has 1 heterocycles. The zero-order valence-electron chi connectivity index (χ0n) is 6.70. The van der Waals surface area contributed by atoms with Gasteiger partial charge in [0, 0.05) is 4.88 Å². The summed E-state index contributed by atoms with van der Waals surface area (Å²) in [6, 6.07) is 9.01. The van der Waals surface area contributed by atoms with E-state index in [0.717, 1.165) is 10.4 Å². The molecule has 1 nitrogen and oxygen atoms in total. The Morgan fingerprint density at radius 1 is 1.15 bits per heavy atom. The van der Waals surface area contributed by atoms with Crippen molar-refractivity contribution in [2.45, 2.75) is 0 Å². The number of thiophene rings is 1. The first kappa shape index (κ1) is 8.60. The number of hydrogen-bond donors (Lipinski definition) is 1. The fraction of sp³-hybridized carbons (Fsp3) is 0. The first-order valence-electron chi connectivity index (χ1n) is 3.80. The highest BCUT2D eigenvalue weighted by Crippen LogP contribution is 2.37. The molecule has 1 aromatic carbocycles. The van der Waals surface area contributed by atoms with E-state index in [9.17, 15) is 5.11 Å². The van der Waals surface area contributed by atoms with E-state index < -0.39 is 0 Å². The molecule has 1 N–H and O–H groups in total. The summed E-state index contributed by atoms with van der Waals surface area (Å²) in [4.78, 5) is 0.989. The summed E-state index contributed by atoms with van der Waals surface area (Å²) in [6.07, 6.45) is 0. The lowest BCUT2D eigenvalue weighted by Crippen LogP contribution is -1.75. The van der Waals surface area contributed by atoms with Crippen molar-refractivity contribution in [3.8, 4) is 16.2 Å². The second-order valence-electron chi connectivity index (χ2n) is 2.61. The van der Waals surface area contributed by atoms with Crippen LogP contribution in [0.1, 0.15) is 0 Å². The summed E-state index contributed by atoms with van der Waals surface area (Å²) in [6.45, 7) is 0. The summed E-state index contributed by atoms with van der Waals surface area (Å²) in [5, 5.41) is 12.1. The van der Waals surface area contributed by atoms with Crippen molar-refractivity contribution in [3.05, 3.63) is 40.7 Å². The van der Waals surface area contributed by atoms with Crippen LogP contribution in [0.25, 0.3) is 10.4 Å². The maximum atomic E-state index is 9.59. The molecule has 0 amide bonds. The zero-order valence-corrected chi connectivity index (χ0v) is 8.27. The summed E-state index contributed by atoms with van der Waals surface area (Å²) in [7, 11) is 0. The molecule has 1 aromatic heterocycles. The smallest absolute Gasteiger partial charge is 0.125 e. The van der Waals surface area contributed by atoms with Gasteiger partial charge in [-0.05, 0) is 23.6 Å². The van der Waals surface area contributed by atoms with Crippen LogP contribution in [0.3, 0.4) is 0 Å². The van der Waals surface area contributed by atoms with Crippen LogP contribution in [0, 0.1) is 0 Å². The predicted octanol–water partition coefficient (Wildman–Crippen LogP) is 3.77. The third kappa shape index (κ3) is 1.55. The van der Waals surface area contributed by atoms with Crippen molar-refractivity contribution in [3.63, 3.8) is 0 Å². The van der Waals surface area contributed by atoms with Gasteiger partial charge in [-0.2, -0.15) is 0 Å². The predicted molar refractivity (Wildman–Crippen MR) is 56.4 cm³/mol. The average Bonchev–Trinajstić information content (AvgIpc) is 2.57. The number of rotatable bonds is 1. The van der Waals surface area contributed by atoms with Gasteiger partial charge in [0.1, 0.15) is 5.75 Å². The van der Waals surface area contributed by atoms with Crippen LogP contribution < -0.4 is 0 Å². The Kier molecular flexibility index (Phi) is 2.25. The van der Waals surface area contributed by atoms with Crippen LogP contribution in [0.5, 0.6) is 5.75 Å². The van der Waals surface area contributed by atoms with E-state index in [1.807, 2.05) is 17.5 Å². The van der Waals surface area contributed by atoms with Crippen LogP contribution in [0.2, 0.25) is 5.02 Å². The highest BCUT2D eigenvalue weighted by Gasteiger charge is 2.08. The monoisotopic (exact) mass is 210 g/mol. The quantitative estimate of drug-likeness (QED) is 0.760. The molecule has 0 aliphatic carbocycles. The third-order valence-corrected chi connectivity index (χ3v) is 2.96. The molecule has 66 valence electrons. The lowest BCUT2D eigenvalue weighted by atomic mass is 10.1. The number of hydrogen-bond acceptors (Lipinski definition) is 2. The standard InChI is InChI=1S/C10H7ClOS/c11-7-3-1-4-8(12)10(7)9-5-2-6-13-9/h1-6,12H. The molecule has 0 atom stereocenters. The Hall–Kier alpha value is -0.990. The Morgan fingerprint density at radius 3 is 2.62 bits per heavy atom. The van der Waals surface area contributed by atoms with Crippen molar-refractivity contribution in [2.24, 2.45) is 0 Å². The molecule has 3 heteroatoms. The van der Waals surface area contributed by atoms with Crippen molar-refractivity contribution in [1.29, 1.82) is 0 Å². The topological polar surface area (TPSA) is 20.2 Å². The lowest BCUT2D eigenvalue weighted by Gasteiger charge is -2.03. The van der Waals surface area contributed by atoms with Gasteiger partial charge in [0.05, 0.1) is 10.6 Å². The Bertz CT molecular complexity index is 389. The Labute approximate surface area is 85.2 Å². The van der Waals surface area contributed by atoms with Crippen LogP contribution in [-0.2, 0) is 0 Å². The van der Waals surface area contributed by atoms with Gasteiger partial charge in [-0.15, -0.1) is 11.3 Å². The number of benzene rings is 1. The lowest BCUT2D eigenvalue weighted by molar-refractivity contribution is 0.477. The maximum absolute atomic E-state index is 9.59. The highest BCUT2D eigenvalue weighted by atomic mass is 35.5. The summed E-state index contributed by atoms with van der Waals surface area (Å²) in [5.74, 6) is 0.231. The van der Waals surface area contributed by atoms with Crippen molar-refractivity contribution < 1.29 is 5.11 Å². The number of phenols is 1. The molecule has 0 aliphatic rings. The van der Waals surface area contributed by atoms with E-state index in [-0.39, 0.29) is 5.75 Å². The molecule has 0 spiro atoms. The Morgan fingerprint density at radius 2 is 2.00 bits per heavy atom. The minimum atomic E-state index is 0.231. The van der Waals surface area contributed by atoms with Gasteiger partial charge in [0.15, 0.2) is 0 Å². The van der Waals surface area contributed by atoms with Gasteiger partial charge in [-0.25, -0.2) is 0 Å². The molecule has 0 fully saturated rings. The minimum absolute atomic E-state index is 0.231. The van der Waals surface area contributed by atoms with Gasteiger partial charge < -0.3 is 5.11 Å². The van der Waals surface area contributed by atoms with E-state index in [1.54, 1.807) is 29.5 Å². The molecule has 0 aliphatic heterocycles. The zero-order chi connectivity index (χ0) is 9.26. The molecular formula is C10H7ClOS. The largest absolute Gasteiger partial charge is 0.507 e. The molecule has 0 saturated heterocycles. The molecule has 0 unspecified atom stereocenters. The van der Waals surface area contributed by atoms with Gasteiger partial charge in [-0.1, -0.05) is 23.7 Å². The van der Waals surface area contributed by atoms with Crippen molar-refractivity contribution in [1.82, 2.24) is 0 Å². The second kappa shape index (κ2) is 3.40. The second-order valence-corrected chi connectivity index (χ2v) is 3.97. The summed E-state index contributed by atoms with van der Waals surface area (Å²) in [5.41, 5.74) is 0.721. The molecular weight excluding hydrogens is 204 g/mol. The molecule has 0 radical (unpaired) electrons. The first-order chi connectivity index (χ1) is 6.29. The molecule has 13 heavy (non-hydrogen) atoms.